The molecule has 0 aliphatic heterocycles. The second kappa shape index (κ2) is 31.7. The molecule has 0 aliphatic rings. The number of aliphatic carboxylic acids is 1. The molecule has 3 nitrogen and oxygen atoms in total. The lowest BCUT2D eigenvalue weighted by atomic mass is 9.93. The van der Waals surface area contributed by atoms with Crippen molar-refractivity contribution in [1.82, 2.24) is 0 Å². The number of carboxylic acids is 1. The van der Waals surface area contributed by atoms with Gasteiger partial charge >= 0.3 is 5.97 Å². The minimum absolute atomic E-state index is 0.242. The molecule has 278 valence electrons. The molecule has 0 aliphatic carbocycles. The molecule has 0 saturated carbocycles. The van der Waals surface area contributed by atoms with Crippen LogP contribution in [0.25, 0.3) is 0 Å². The van der Waals surface area contributed by atoms with Gasteiger partial charge in [0, 0.05) is 0 Å². The van der Waals surface area contributed by atoms with Crippen molar-refractivity contribution in [2.75, 3.05) is 0 Å². The fourth-order valence-corrected chi connectivity index (χ4v) is 7.11. The van der Waals surface area contributed by atoms with Gasteiger partial charge in [0.25, 0.3) is 0 Å². The normalized spacial score (nSPS) is 11.9. The average Bonchev–Trinajstić information content (AvgIpc) is 3.12. The van der Waals surface area contributed by atoms with Crippen LogP contribution in [0.1, 0.15) is 204 Å². The molecule has 49 heavy (non-hydrogen) atoms. The van der Waals surface area contributed by atoms with Crippen molar-refractivity contribution < 1.29 is 14.6 Å². The molecule has 0 fully saturated rings. The summed E-state index contributed by atoms with van der Waals surface area (Å²) in [7, 11) is 0. The van der Waals surface area contributed by atoms with E-state index >= 15 is 0 Å². The lowest BCUT2D eigenvalue weighted by Gasteiger charge is -2.13. The van der Waals surface area contributed by atoms with Crippen LogP contribution < -0.4 is 4.74 Å². The van der Waals surface area contributed by atoms with E-state index in [0.29, 0.717) is 13.0 Å². The van der Waals surface area contributed by atoms with E-state index in [2.05, 4.69) is 31.2 Å². The highest BCUT2D eigenvalue weighted by Gasteiger charge is 2.16. The SMILES string of the molecule is CCCCCCCCCCCCCCCCCCCCCCCCCCCCCC(CCc1ccc(OCc2ccccc2)cc1)C(=O)O. The van der Waals surface area contributed by atoms with Gasteiger partial charge in [0.2, 0.25) is 0 Å². The molecule has 0 heterocycles. The molecule has 0 spiro atoms. The number of hydrogen-bond acceptors (Lipinski definition) is 2. The van der Waals surface area contributed by atoms with Gasteiger partial charge in [-0.25, -0.2) is 0 Å². The first kappa shape index (κ1) is 42.9. The average molecular weight is 677 g/mol. The third-order valence-electron chi connectivity index (χ3n) is 10.5. The van der Waals surface area contributed by atoms with E-state index in [1.165, 1.54) is 166 Å². The van der Waals surface area contributed by atoms with Crippen LogP contribution in [0.2, 0.25) is 0 Å². The minimum atomic E-state index is -0.641. The van der Waals surface area contributed by atoms with Crippen molar-refractivity contribution in [3.05, 3.63) is 65.7 Å². The maximum atomic E-state index is 11.9. The van der Waals surface area contributed by atoms with Gasteiger partial charge in [-0.05, 0) is 42.5 Å². The lowest BCUT2D eigenvalue weighted by molar-refractivity contribution is -0.142. The van der Waals surface area contributed by atoms with Crippen LogP contribution in [-0.4, -0.2) is 11.1 Å². The van der Waals surface area contributed by atoms with Crippen LogP contribution in [0.3, 0.4) is 0 Å². The van der Waals surface area contributed by atoms with E-state index in [0.717, 1.165) is 37.0 Å². The number of carboxylic acid groups (broad SMARTS) is 1. The van der Waals surface area contributed by atoms with Crippen molar-refractivity contribution in [2.24, 2.45) is 5.92 Å². The first-order valence-electron chi connectivity index (χ1n) is 21.2. The van der Waals surface area contributed by atoms with Crippen LogP contribution in [0.5, 0.6) is 5.75 Å². The summed E-state index contributed by atoms with van der Waals surface area (Å²) in [6.45, 7) is 2.86. The zero-order valence-corrected chi connectivity index (χ0v) is 32.0. The van der Waals surface area contributed by atoms with Crippen molar-refractivity contribution in [3.63, 3.8) is 0 Å². The Balaban J connectivity index is 1.30. The van der Waals surface area contributed by atoms with Crippen molar-refractivity contribution in [2.45, 2.75) is 206 Å². The predicted octanol–water partition coefficient (Wildman–Crippen LogP) is 14.8. The number of aryl methyl sites for hydroxylation is 1. The van der Waals surface area contributed by atoms with Gasteiger partial charge in [-0.1, -0.05) is 223 Å². The standard InChI is InChI=1S/C46H76O3/c1-2-3-4-5-6-7-8-9-10-11-12-13-14-15-16-17-18-19-20-21-22-23-24-25-26-27-31-34-44(46(47)48)38-35-42-36-39-45(40-37-42)49-41-43-32-29-28-30-33-43/h28-30,32-33,36-37,39-40,44H,2-27,31,34-35,38,41H2,1H3,(H,47,48). The first-order valence-corrected chi connectivity index (χ1v) is 21.2. The highest BCUT2D eigenvalue weighted by molar-refractivity contribution is 5.69. The van der Waals surface area contributed by atoms with Gasteiger partial charge in [-0.3, -0.25) is 4.79 Å². The highest BCUT2D eigenvalue weighted by Crippen LogP contribution is 2.21. The van der Waals surface area contributed by atoms with Crippen LogP contribution in [0.15, 0.2) is 54.6 Å². The fraction of sp³-hybridized carbons (Fsp3) is 0.717. The van der Waals surface area contributed by atoms with E-state index in [4.69, 9.17) is 4.74 Å². The molecule has 2 aromatic carbocycles. The van der Waals surface area contributed by atoms with E-state index < -0.39 is 5.97 Å². The number of benzene rings is 2. The summed E-state index contributed by atoms with van der Waals surface area (Å²) in [5, 5.41) is 9.75. The van der Waals surface area contributed by atoms with E-state index in [-0.39, 0.29) is 5.92 Å². The summed E-state index contributed by atoms with van der Waals surface area (Å²) in [4.78, 5) is 11.9. The fourth-order valence-electron chi connectivity index (χ4n) is 7.11. The molecule has 0 bridgehead atoms. The third kappa shape index (κ3) is 25.3. The van der Waals surface area contributed by atoms with Crippen LogP contribution in [-0.2, 0) is 17.8 Å². The van der Waals surface area contributed by atoms with Gasteiger partial charge in [0.05, 0.1) is 5.92 Å². The van der Waals surface area contributed by atoms with E-state index in [1.807, 2.05) is 30.3 Å². The number of carbonyl (C=O) groups is 1. The molecule has 0 aromatic heterocycles. The summed E-state index contributed by atoms with van der Waals surface area (Å²) in [6, 6.07) is 18.3. The quantitative estimate of drug-likeness (QED) is 0.0739. The van der Waals surface area contributed by atoms with Gasteiger partial charge in [-0.15, -0.1) is 0 Å². The monoisotopic (exact) mass is 677 g/mol. The number of ether oxygens (including phenoxy) is 1. The Labute approximate surface area is 303 Å². The number of rotatable bonds is 35. The minimum Gasteiger partial charge on any atom is -0.489 e. The van der Waals surface area contributed by atoms with Gasteiger partial charge < -0.3 is 9.84 Å². The van der Waals surface area contributed by atoms with Crippen LogP contribution >= 0.6 is 0 Å². The van der Waals surface area contributed by atoms with Crippen molar-refractivity contribution in [3.8, 4) is 5.75 Å². The zero-order chi connectivity index (χ0) is 34.9. The molecule has 3 heteroatoms. The maximum Gasteiger partial charge on any atom is 0.306 e. The summed E-state index contributed by atoms with van der Waals surface area (Å²) < 4.78 is 5.88. The second-order valence-corrected chi connectivity index (χ2v) is 15.0. The van der Waals surface area contributed by atoms with Crippen molar-refractivity contribution in [1.29, 1.82) is 0 Å². The number of hydrogen-bond donors (Lipinski definition) is 1. The van der Waals surface area contributed by atoms with Crippen LogP contribution in [0.4, 0.5) is 0 Å². The second-order valence-electron chi connectivity index (χ2n) is 15.0. The molecule has 1 atom stereocenters. The molecule has 0 amide bonds. The highest BCUT2D eigenvalue weighted by atomic mass is 16.5. The maximum absolute atomic E-state index is 11.9. The summed E-state index contributed by atoms with van der Waals surface area (Å²) >= 11 is 0. The van der Waals surface area contributed by atoms with E-state index in [9.17, 15) is 9.90 Å². The molecular formula is C46H76O3. The molecule has 2 rings (SSSR count). The topological polar surface area (TPSA) is 46.5 Å². The molecule has 0 radical (unpaired) electrons. The Bertz CT molecular complexity index is 985. The Morgan fingerprint density at radius 3 is 1.27 bits per heavy atom. The van der Waals surface area contributed by atoms with Gasteiger partial charge in [0.1, 0.15) is 12.4 Å². The molecule has 1 unspecified atom stereocenters. The zero-order valence-electron chi connectivity index (χ0n) is 32.0. The molecule has 2 aromatic rings. The Morgan fingerprint density at radius 2 is 0.878 bits per heavy atom. The van der Waals surface area contributed by atoms with Crippen LogP contribution in [0, 0.1) is 5.92 Å². The predicted molar refractivity (Wildman–Crippen MR) is 212 cm³/mol. The molecule has 0 saturated heterocycles. The number of unbranched alkanes of at least 4 members (excludes halogenated alkanes) is 26. The Hall–Kier alpha value is -2.29. The van der Waals surface area contributed by atoms with Crippen molar-refractivity contribution >= 4 is 5.97 Å². The van der Waals surface area contributed by atoms with Gasteiger partial charge in [0.15, 0.2) is 0 Å². The largest absolute Gasteiger partial charge is 0.489 e. The smallest absolute Gasteiger partial charge is 0.306 e. The Kier molecular flexibility index (Phi) is 27.7. The summed E-state index contributed by atoms with van der Waals surface area (Å²) in [5.41, 5.74) is 2.33. The van der Waals surface area contributed by atoms with Gasteiger partial charge in [-0.2, -0.15) is 0 Å². The first-order chi connectivity index (χ1) is 24.2. The van der Waals surface area contributed by atoms with E-state index in [1.54, 1.807) is 0 Å². The third-order valence-corrected chi connectivity index (χ3v) is 10.5. The molecular weight excluding hydrogens is 601 g/mol. The summed E-state index contributed by atoms with van der Waals surface area (Å²) in [6.07, 6.45) is 40.1. The summed E-state index contributed by atoms with van der Waals surface area (Å²) in [5.74, 6) is -0.0334. The lowest BCUT2D eigenvalue weighted by Crippen LogP contribution is -2.14. The molecule has 1 N–H and O–H groups in total. The Morgan fingerprint density at radius 1 is 0.490 bits per heavy atom.